The molecule has 0 unspecified atom stereocenters. The second kappa shape index (κ2) is 9.20. The van der Waals surface area contributed by atoms with E-state index in [2.05, 4.69) is 5.32 Å². The number of anilines is 1. The van der Waals surface area contributed by atoms with Crippen molar-refractivity contribution in [2.24, 2.45) is 0 Å². The van der Waals surface area contributed by atoms with Gasteiger partial charge in [-0.05, 0) is 42.3 Å². The Morgan fingerprint density at radius 3 is 2.65 bits per heavy atom. The first-order valence-corrected chi connectivity index (χ1v) is 8.40. The Bertz CT molecular complexity index is 798. The molecular weight excluding hydrogens is 359 g/mol. The average molecular weight is 379 g/mol. The lowest BCUT2D eigenvalue weighted by Crippen LogP contribution is -2.38. The van der Waals surface area contributed by atoms with Crippen molar-refractivity contribution in [2.75, 3.05) is 25.5 Å². The van der Waals surface area contributed by atoms with Crippen molar-refractivity contribution >= 4 is 29.1 Å². The fourth-order valence-electron chi connectivity index (χ4n) is 2.39. The number of rotatable bonds is 7. The predicted molar refractivity (Wildman–Crippen MR) is 99.0 cm³/mol. The van der Waals surface area contributed by atoms with Crippen molar-refractivity contribution in [1.29, 1.82) is 0 Å². The minimum atomic E-state index is -0.562. The number of carbonyl (C=O) groups is 2. The lowest BCUT2D eigenvalue weighted by molar-refractivity contribution is -0.132. The summed E-state index contributed by atoms with van der Waals surface area (Å²) in [5.41, 5.74) is 1.37. The SMILES string of the molecule is COc1cccc(CCN(CC(=O)Nc2ccc(F)c(Cl)c2)C(C)=O)c1. The highest BCUT2D eigenvalue weighted by atomic mass is 35.5. The number of benzene rings is 2. The maximum atomic E-state index is 13.2. The molecule has 0 bridgehead atoms. The highest BCUT2D eigenvalue weighted by Gasteiger charge is 2.14. The zero-order chi connectivity index (χ0) is 19.1. The lowest BCUT2D eigenvalue weighted by atomic mass is 10.1. The molecule has 2 aromatic carbocycles. The third kappa shape index (κ3) is 5.74. The largest absolute Gasteiger partial charge is 0.497 e. The first-order valence-electron chi connectivity index (χ1n) is 8.02. The molecule has 0 radical (unpaired) electrons. The van der Waals surface area contributed by atoms with Crippen molar-refractivity contribution < 1.29 is 18.7 Å². The summed E-state index contributed by atoms with van der Waals surface area (Å²) in [4.78, 5) is 25.4. The van der Waals surface area contributed by atoms with E-state index in [-0.39, 0.29) is 23.4 Å². The third-order valence-electron chi connectivity index (χ3n) is 3.79. The van der Waals surface area contributed by atoms with Gasteiger partial charge in [-0.1, -0.05) is 23.7 Å². The lowest BCUT2D eigenvalue weighted by Gasteiger charge is -2.20. The molecule has 0 atom stereocenters. The summed E-state index contributed by atoms with van der Waals surface area (Å²) in [6.07, 6.45) is 0.590. The van der Waals surface area contributed by atoms with Crippen LogP contribution in [0.15, 0.2) is 42.5 Å². The van der Waals surface area contributed by atoms with E-state index in [4.69, 9.17) is 16.3 Å². The molecule has 1 N–H and O–H groups in total. The van der Waals surface area contributed by atoms with Crippen molar-refractivity contribution in [3.05, 3.63) is 58.9 Å². The second-order valence-corrected chi connectivity index (χ2v) is 6.13. The Labute approximate surface area is 156 Å². The van der Waals surface area contributed by atoms with Crippen LogP contribution in [0.1, 0.15) is 12.5 Å². The van der Waals surface area contributed by atoms with Gasteiger partial charge < -0.3 is 15.0 Å². The molecule has 0 aliphatic carbocycles. The molecule has 0 saturated heterocycles. The van der Waals surface area contributed by atoms with Gasteiger partial charge in [0.2, 0.25) is 11.8 Å². The van der Waals surface area contributed by atoms with Crippen molar-refractivity contribution in [3.63, 3.8) is 0 Å². The van der Waals surface area contributed by atoms with Crippen molar-refractivity contribution in [3.8, 4) is 5.75 Å². The van der Waals surface area contributed by atoms with Crippen LogP contribution in [0.2, 0.25) is 5.02 Å². The van der Waals surface area contributed by atoms with E-state index < -0.39 is 5.82 Å². The van der Waals surface area contributed by atoms with Crippen LogP contribution in [0, 0.1) is 5.82 Å². The van der Waals surface area contributed by atoms with Gasteiger partial charge in [-0.25, -0.2) is 4.39 Å². The van der Waals surface area contributed by atoms with Crippen LogP contribution in [0.3, 0.4) is 0 Å². The summed E-state index contributed by atoms with van der Waals surface area (Å²) < 4.78 is 18.3. The van der Waals surface area contributed by atoms with E-state index in [0.29, 0.717) is 18.7 Å². The Morgan fingerprint density at radius 2 is 2.00 bits per heavy atom. The minimum absolute atomic E-state index is 0.0794. The second-order valence-electron chi connectivity index (χ2n) is 5.72. The number of nitrogens with zero attached hydrogens (tertiary/aromatic N) is 1. The fourth-order valence-corrected chi connectivity index (χ4v) is 2.57. The Balaban J connectivity index is 1.95. The molecule has 0 saturated carbocycles. The molecule has 0 heterocycles. The normalized spacial score (nSPS) is 10.3. The number of nitrogens with one attached hydrogen (secondary N) is 1. The first kappa shape index (κ1) is 19.7. The van der Waals surface area contributed by atoms with Crippen LogP contribution >= 0.6 is 11.6 Å². The summed E-state index contributed by atoms with van der Waals surface area (Å²) in [7, 11) is 1.59. The summed E-state index contributed by atoms with van der Waals surface area (Å²) in [5.74, 6) is -0.412. The van der Waals surface area contributed by atoms with Gasteiger partial charge in [0.15, 0.2) is 0 Å². The molecule has 0 aliphatic rings. The zero-order valence-corrected chi connectivity index (χ0v) is 15.3. The number of carbonyl (C=O) groups excluding carboxylic acids is 2. The minimum Gasteiger partial charge on any atom is -0.497 e. The van der Waals surface area contributed by atoms with Gasteiger partial charge in [-0.2, -0.15) is 0 Å². The summed E-state index contributed by atoms with van der Waals surface area (Å²) >= 11 is 5.69. The Kier molecular flexibility index (Phi) is 6.97. The molecule has 0 spiro atoms. The highest BCUT2D eigenvalue weighted by molar-refractivity contribution is 6.31. The van der Waals surface area contributed by atoms with Crippen molar-refractivity contribution in [1.82, 2.24) is 4.90 Å². The molecule has 5 nitrogen and oxygen atoms in total. The molecule has 2 rings (SSSR count). The number of hydrogen-bond donors (Lipinski definition) is 1. The molecule has 2 aromatic rings. The smallest absolute Gasteiger partial charge is 0.243 e. The maximum absolute atomic E-state index is 13.2. The highest BCUT2D eigenvalue weighted by Crippen LogP contribution is 2.19. The van der Waals surface area contributed by atoms with Crippen LogP contribution in [-0.2, 0) is 16.0 Å². The summed E-state index contributed by atoms with van der Waals surface area (Å²) in [6, 6.07) is 11.4. The van der Waals surface area contributed by atoms with Gasteiger partial charge in [0.25, 0.3) is 0 Å². The van der Waals surface area contributed by atoms with E-state index in [1.807, 2.05) is 24.3 Å². The van der Waals surface area contributed by atoms with E-state index in [9.17, 15) is 14.0 Å². The number of ether oxygens (including phenoxy) is 1. The predicted octanol–water partition coefficient (Wildman–Crippen LogP) is 3.52. The van der Waals surface area contributed by atoms with Gasteiger partial charge >= 0.3 is 0 Å². The molecular formula is C19H20ClFN2O3. The average Bonchev–Trinajstić information content (AvgIpc) is 2.61. The molecule has 26 heavy (non-hydrogen) atoms. The van der Waals surface area contributed by atoms with Crippen LogP contribution in [0.25, 0.3) is 0 Å². The summed E-state index contributed by atoms with van der Waals surface area (Å²) in [6.45, 7) is 1.70. The molecule has 2 amide bonds. The van der Waals surface area contributed by atoms with E-state index in [0.717, 1.165) is 11.3 Å². The number of methoxy groups -OCH3 is 1. The first-order chi connectivity index (χ1) is 12.4. The van der Waals surface area contributed by atoms with Gasteiger partial charge in [-0.15, -0.1) is 0 Å². The van der Waals surface area contributed by atoms with Crippen LogP contribution in [0.4, 0.5) is 10.1 Å². The molecule has 0 aromatic heterocycles. The van der Waals surface area contributed by atoms with Gasteiger partial charge in [-0.3, -0.25) is 9.59 Å². The van der Waals surface area contributed by atoms with Gasteiger partial charge in [0, 0.05) is 19.2 Å². The molecule has 7 heteroatoms. The van der Waals surface area contributed by atoms with Crippen molar-refractivity contribution in [2.45, 2.75) is 13.3 Å². The quantitative estimate of drug-likeness (QED) is 0.802. The van der Waals surface area contributed by atoms with E-state index in [1.54, 1.807) is 7.11 Å². The third-order valence-corrected chi connectivity index (χ3v) is 4.08. The molecule has 0 fully saturated rings. The van der Waals surface area contributed by atoms with Crippen LogP contribution in [-0.4, -0.2) is 36.9 Å². The van der Waals surface area contributed by atoms with Crippen LogP contribution < -0.4 is 10.1 Å². The fraction of sp³-hybridized carbons (Fsp3) is 0.263. The van der Waals surface area contributed by atoms with Gasteiger partial charge in [0.05, 0.1) is 18.7 Å². The maximum Gasteiger partial charge on any atom is 0.243 e. The Morgan fingerprint density at radius 1 is 1.23 bits per heavy atom. The van der Waals surface area contributed by atoms with E-state index >= 15 is 0 Å². The zero-order valence-electron chi connectivity index (χ0n) is 14.6. The molecule has 138 valence electrons. The van der Waals surface area contributed by atoms with Gasteiger partial charge in [0.1, 0.15) is 11.6 Å². The van der Waals surface area contributed by atoms with Crippen LogP contribution in [0.5, 0.6) is 5.75 Å². The summed E-state index contributed by atoms with van der Waals surface area (Å²) in [5, 5.41) is 2.53. The Hall–Kier alpha value is -2.60. The standard InChI is InChI=1S/C19H20ClFN2O3/c1-13(24)23(9-8-14-4-3-5-16(10-14)26-2)12-19(25)22-15-6-7-18(21)17(20)11-15/h3-7,10-11H,8-9,12H2,1-2H3,(H,22,25). The monoisotopic (exact) mass is 378 g/mol. The number of amides is 2. The topological polar surface area (TPSA) is 58.6 Å². The molecule has 0 aliphatic heterocycles. The number of hydrogen-bond acceptors (Lipinski definition) is 3. The van der Waals surface area contributed by atoms with E-state index in [1.165, 1.54) is 30.0 Å². The number of halogens is 2.